The molecule has 3 aromatic carbocycles. The molecule has 14 heteroatoms. The molecular formula is C33H33F7N4O3. The van der Waals surface area contributed by atoms with Crippen LogP contribution in [0.5, 0.6) is 0 Å². The van der Waals surface area contributed by atoms with Gasteiger partial charge in [0.15, 0.2) is 0 Å². The van der Waals surface area contributed by atoms with E-state index in [4.69, 9.17) is 10.00 Å². The highest BCUT2D eigenvalue weighted by molar-refractivity contribution is 5.78. The molecule has 2 N–H and O–H groups in total. The van der Waals surface area contributed by atoms with Crippen molar-refractivity contribution in [2.75, 3.05) is 18.9 Å². The number of carbonyl (C=O) groups excluding carboxylic acids is 2. The highest BCUT2D eigenvalue weighted by Crippen LogP contribution is 2.38. The first-order valence-electron chi connectivity index (χ1n) is 14.4. The molecule has 2 heterocycles. The Labute approximate surface area is 267 Å². The first-order chi connectivity index (χ1) is 22.2. The molecule has 7 nitrogen and oxygen atoms in total. The maximum Gasteiger partial charge on any atom is 0.416 e. The Kier molecular flexibility index (Phi) is 12.9. The fourth-order valence-electron chi connectivity index (χ4n) is 5.21. The summed E-state index contributed by atoms with van der Waals surface area (Å²) in [6, 6.07) is 18.0. The molecule has 2 aliphatic rings. The molecular weight excluding hydrogens is 633 g/mol. The van der Waals surface area contributed by atoms with E-state index in [9.17, 15) is 40.3 Å². The molecule has 2 amide bonds. The van der Waals surface area contributed by atoms with Crippen LogP contribution in [0.1, 0.15) is 42.0 Å². The third kappa shape index (κ3) is 10.8. The number of nitrogens with zero attached hydrogens (tertiary/aromatic N) is 2. The number of ether oxygens (including phenoxy) is 1. The number of nitriles is 1. The molecule has 0 aliphatic carbocycles. The molecule has 5 rings (SSSR count). The molecule has 4 atom stereocenters. The average Bonchev–Trinajstić information content (AvgIpc) is 3.36. The summed E-state index contributed by atoms with van der Waals surface area (Å²) >= 11 is 0. The van der Waals surface area contributed by atoms with Crippen molar-refractivity contribution < 1.29 is 45.1 Å². The number of hydrogen-bond donors (Lipinski definition) is 2. The lowest BCUT2D eigenvalue weighted by Gasteiger charge is -2.35. The summed E-state index contributed by atoms with van der Waals surface area (Å²) in [5.74, 6) is -0.289. The average molecular weight is 667 g/mol. The van der Waals surface area contributed by atoms with Crippen LogP contribution in [0.2, 0.25) is 0 Å². The number of rotatable bonds is 6. The van der Waals surface area contributed by atoms with Crippen molar-refractivity contribution >= 4 is 18.0 Å². The number of halogens is 7. The topological polar surface area (TPSA) is 94.5 Å². The summed E-state index contributed by atoms with van der Waals surface area (Å²) in [6.45, 7) is 1.77. The van der Waals surface area contributed by atoms with Gasteiger partial charge in [0, 0.05) is 36.7 Å². The molecule has 4 unspecified atom stereocenters. The highest BCUT2D eigenvalue weighted by Gasteiger charge is 2.46. The molecule has 252 valence electrons. The van der Waals surface area contributed by atoms with Gasteiger partial charge < -0.3 is 20.3 Å². The first-order valence-corrected chi connectivity index (χ1v) is 14.4. The second-order valence-electron chi connectivity index (χ2n) is 10.9. The van der Waals surface area contributed by atoms with Crippen molar-refractivity contribution in [3.05, 3.63) is 101 Å². The smallest absolute Gasteiger partial charge is 0.371 e. The van der Waals surface area contributed by atoms with Gasteiger partial charge in [0.05, 0.1) is 35.5 Å². The summed E-state index contributed by atoms with van der Waals surface area (Å²) in [5.41, 5.74) is -1.66. The fourth-order valence-corrected chi connectivity index (χ4v) is 5.21. The summed E-state index contributed by atoms with van der Waals surface area (Å²) in [7, 11) is 1.77. The number of nitrogens with one attached hydrogen (secondary N) is 2. The van der Waals surface area contributed by atoms with Crippen LogP contribution in [0, 0.1) is 23.1 Å². The van der Waals surface area contributed by atoms with Gasteiger partial charge in [-0.3, -0.25) is 9.59 Å². The van der Waals surface area contributed by atoms with Crippen LogP contribution in [0.4, 0.5) is 36.4 Å². The summed E-state index contributed by atoms with van der Waals surface area (Å²) in [5, 5.41) is 14.0. The molecule has 2 saturated heterocycles. The van der Waals surface area contributed by atoms with Gasteiger partial charge in [0.25, 0.3) is 0 Å². The van der Waals surface area contributed by atoms with E-state index >= 15 is 0 Å². The number of alkyl halides is 6. The van der Waals surface area contributed by atoms with E-state index in [0.717, 1.165) is 6.42 Å². The second-order valence-corrected chi connectivity index (χ2v) is 10.9. The van der Waals surface area contributed by atoms with Gasteiger partial charge in [-0.15, -0.1) is 0 Å². The molecule has 0 bridgehead atoms. The Morgan fingerprint density at radius 1 is 0.979 bits per heavy atom. The Morgan fingerprint density at radius 3 is 2.04 bits per heavy atom. The van der Waals surface area contributed by atoms with Crippen molar-refractivity contribution in [2.24, 2.45) is 5.92 Å². The van der Waals surface area contributed by atoms with Crippen molar-refractivity contribution in [1.29, 1.82) is 5.26 Å². The quantitative estimate of drug-likeness (QED) is 0.223. The summed E-state index contributed by atoms with van der Waals surface area (Å²) in [6.07, 6.45) is -8.57. The van der Waals surface area contributed by atoms with E-state index in [-0.39, 0.29) is 47.9 Å². The monoisotopic (exact) mass is 666 g/mol. The molecule has 0 aromatic heterocycles. The van der Waals surface area contributed by atoms with Gasteiger partial charge in [0.1, 0.15) is 5.82 Å². The molecule has 47 heavy (non-hydrogen) atoms. The van der Waals surface area contributed by atoms with Gasteiger partial charge >= 0.3 is 12.4 Å². The Bertz CT molecular complexity index is 1480. The van der Waals surface area contributed by atoms with E-state index < -0.39 is 36.2 Å². The molecule has 0 saturated carbocycles. The van der Waals surface area contributed by atoms with Crippen molar-refractivity contribution in [3.63, 3.8) is 0 Å². The van der Waals surface area contributed by atoms with Gasteiger partial charge in [-0.2, -0.15) is 31.6 Å². The lowest BCUT2D eigenvalue weighted by Crippen LogP contribution is -2.49. The predicted molar refractivity (Wildman–Crippen MR) is 159 cm³/mol. The van der Waals surface area contributed by atoms with E-state index in [1.165, 1.54) is 12.1 Å². The van der Waals surface area contributed by atoms with Crippen LogP contribution >= 0.6 is 0 Å². The number of hydrogen-bond acceptors (Lipinski definition) is 5. The first kappa shape index (κ1) is 37.0. The maximum atomic E-state index is 13.0. The molecule has 0 spiro atoms. The van der Waals surface area contributed by atoms with Crippen LogP contribution in [-0.2, 0) is 33.3 Å². The van der Waals surface area contributed by atoms with Crippen LogP contribution in [0.25, 0.3) is 0 Å². The standard InChI is InChI=1S/C19H22F6N2O2.C8H6N2O.C6H5F/c1-10-15-6-14(26-2)7-17(28)27(15)8-16(10)29-9-11-3-12(18(20,21)22)5-13(4-11)19(23,24)25;9-5-7-1-3-8(4-2-7)10-6-11;7-6-4-2-1-3-5-6/h3-5,10,14-16,26H,6-9H2,1-2H3;1-4,6H,(H,10,11);1-5H. The van der Waals surface area contributed by atoms with Crippen LogP contribution < -0.4 is 10.6 Å². The number of piperidine rings is 1. The zero-order valence-electron chi connectivity index (χ0n) is 25.4. The van der Waals surface area contributed by atoms with Gasteiger partial charge in [-0.25, -0.2) is 4.39 Å². The lowest BCUT2D eigenvalue weighted by molar-refractivity contribution is -0.143. The third-order valence-electron chi connectivity index (χ3n) is 7.73. The zero-order chi connectivity index (χ0) is 34.8. The minimum atomic E-state index is -4.90. The summed E-state index contributed by atoms with van der Waals surface area (Å²) in [4.78, 5) is 24.0. The number of carbonyl (C=O) groups is 2. The van der Waals surface area contributed by atoms with Gasteiger partial charge in [0.2, 0.25) is 12.3 Å². The van der Waals surface area contributed by atoms with E-state index in [0.29, 0.717) is 36.2 Å². The predicted octanol–water partition coefficient (Wildman–Crippen LogP) is 6.79. The Balaban J connectivity index is 0.000000270. The Hall–Kier alpha value is -4.48. The number of amides is 2. The molecule has 2 fully saturated rings. The molecule has 0 radical (unpaired) electrons. The number of fused-ring (bicyclic) bond motifs is 1. The maximum absolute atomic E-state index is 13.0. The van der Waals surface area contributed by atoms with Gasteiger partial charge in [-0.05, 0) is 73.6 Å². The molecule has 2 aliphatic heterocycles. The highest BCUT2D eigenvalue weighted by atomic mass is 19.4. The third-order valence-corrected chi connectivity index (χ3v) is 7.73. The molecule has 3 aromatic rings. The fraction of sp³-hybridized carbons (Fsp3) is 0.364. The van der Waals surface area contributed by atoms with E-state index in [1.807, 2.05) is 13.0 Å². The van der Waals surface area contributed by atoms with Crippen LogP contribution in [-0.4, -0.2) is 49.0 Å². The SMILES string of the molecule is CNC1CC(=O)N2CC(OCc3cc(C(F)(F)F)cc(C(F)(F)F)c3)C(C)C2C1.Fc1ccccc1.N#Cc1ccc(NC=O)cc1. The number of benzene rings is 3. The minimum absolute atomic E-state index is 0.0306. The van der Waals surface area contributed by atoms with Crippen molar-refractivity contribution in [1.82, 2.24) is 10.2 Å². The minimum Gasteiger partial charge on any atom is -0.371 e. The normalized spacial score (nSPS) is 20.5. The van der Waals surface area contributed by atoms with E-state index in [2.05, 4.69) is 10.6 Å². The van der Waals surface area contributed by atoms with E-state index in [1.54, 1.807) is 54.4 Å². The zero-order valence-corrected chi connectivity index (χ0v) is 25.4. The second kappa shape index (κ2) is 16.4. The van der Waals surface area contributed by atoms with Gasteiger partial charge in [-0.1, -0.05) is 25.1 Å². The largest absolute Gasteiger partial charge is 0.416 e. The van der Waals surface area contributed by atoms with Crippen LogP contribution in [0.3, 0.4) is 0 Å². The van der Waals surface area contributed by atoms with Crippen molar-refractivity contribution in [2.45, 2.75) is 56.9 Å². The lowest BCUT2D eigenvalue weighted by atomic mass is 9.90. The van der Waals surface area contributed by atoms with Crippen LogP contribution in [0.15, 0.2) is 72.8 Å². The number of anilines is 1. The summed E-state index contributed by atoms with van der Waals surface area (Å²) < 4.78 is 95.6. The van der Waals surface area contributed by atoms with Crippen molar-refractivity contribution in [3.8, 4) is 6.07 Å². The Morgan fingerprint density at radius 2 is 1.57 bits per heavy atom.